The van der Waals surface area contributed by atoms with Crippen LogP contribution in [0.2, 0.25) is 0 Å². The number of nitrogens with one attached hydrogen (secondary N) is 1. The van der Waals surface area contributed by atoms with E-state index < -0.39 is 12.0 Å². The van der Waals surface area contributed by atoms with Crippen molar-refractivity contribution in [3.05, 3.63) is 47.2 Å². The number of hydrogen-bond donors (Lipinski definition) is 1. The molecule has 1 aliphatic rings. The molecule has 6 heteroatoms. The summed E-state index contributed by atoms with van der Waals surface area (Å²) in [4.78, 5) is 26.0. The Morgan fingerprint density at radius 2 is 1.95 bits per heavy atom. The molecule has 0 bridgehead atoms. The van der Waals surface area contributed by atoms with Gasteiger partial charge in [0.1, 0.15) is 0 Å². The molecule has 1 atom stereocenters. The minimum Gasteiger partial charge on any atom is -0.466 e. The first-order chi connectivity index (χ1) is 10.5. The molecule has 1 aromatic carbocycles. The number of carbonyl (C=O) groups excluding carboxylic acids is 2. The Labute approximate surface area is 134 Å². The van der Waals surface area contributed by atoms with Gasteiger partial charge in [-0.25, -0.2) is 4.79 Å². The van der Waals surface area contributed by atoms with Gasteiger partial charge < -0.3 is 10.1 Å². The average Bonchev–Trinajstić information content (AvgIpc) is 2.53. The molecule has 2 rings (SSSR count). The van der Waals surface area contributed by atoms with E-state index in [4.69, 9.17) is 17.0 Å². The first-order valence-electron chi connectivity index (χ1n) is 6.98. The largest absolute Gasteiger partial charge is 0.466 e. The fraction of sp³-hybridized carbons (Fsp3) is 0.312. The van der Waals surface area contributed by atoms with E-state index in [1.165, 1.54) is 12.0 Å². The molecule has 0 fully saturated rings. The van der Waals surface area contributed by atoms with Crippen molar-refractivity contribution in [1.82, 2.24) is 10.2 Å². The lowest BCUT2D eigenvalue weighted by molar-refractivity contribution is -0.137. The van der Waals surface area contributed by atoms with E-state index in [0.29, 0.717) is 22.8 Å². The summed E-state index contributed by atoms with van der Waals surface area (Å²) in [6.45, 7) is 3.51. The van der Waals surface area contributed by atoms with Crippen LogP contribution < -0.4 is 5.32 Å². The molecule has 0 aromatic heterocycles. The number of amides is 1. The third-order valence-electron chi connectivity index (χ3n) is 3.54. The summed E-state index contributed by atoms with van der Waals surface area (Å²) in [6.07, 6.45) is 0.290. The second-order valence-corrected chi connectivity index (χ2v) is 5.28. The van der Waals surface area contributed by atoms with Crippen LogP contribution in [-0.4, -0.2) is 29.0 Å². The van der Waals surface area contributed by atoms with E-state index in [1.807, 2.05) is 30.3 Å². The molecule has 0 unspecified atom stereocenters. The van der Waals surface area contributed by atoms with Crippen molar-refractivity contribution in [3.8, 4) is 0 Å². The molecule has 0 saturated heterocycles. The quantitative estimate of drug-likeness (QED) is 0.684. The Bertz CT molecular complexity index is 640. The van der Waals surface area contributed by atoms with Gasteiger partial charge in [-0.15, -0.1) is 0 Å². The average molecular weight is 318 g/mol. The molecule has 1 heterocycles. The summed E-state index contributed by atoms with van der Waals surface area (Å²) < 4.78 is 4.89. The first kappa shape index (κ1) is 16.2. The summed E-state index contributed by atoms with van der Waals surface area (Å²) >= 11 is 5.31. The summed E-state index contributed by atoms with van der Waals surface area (Å²) in [6, 6.07) is 8.76. The maximum atomic E-state index is 12.3. The molecule has 0 saturated carbocycles. The minimum absolute atomic E-state index is 0.153. The number of ether oxygens (including phenoxy) is 1. The number of esters is 1. The molecule has 1 aliphatic heterocycles. The monoisotopic (exact) mass is 318 g/mol. The molecule has 1 amide bonds. The van der Waals surface area contributed by atoms with Crippen molar-refractivity contribution in [2.75, 3.05) is 7.11 Å². The number of benzene rings is 1. The van der Waals surface area contributed by atoms with Crippen LogP contribution in [0.5, 0.6) is 0 Å². The van der Waals surface area contributed by atoms with E-state index in [0.717, 1.165) is 5.56 Å². The fourth-order valence-electron chi connectivity index (χ4n) is 2.49. The van der Waals surface area contributed by atoms with Crippen LogP contribution >= 0.6 is 12.2 Å². The van der Waals surface area contributed by atoms with Crippen LogP contribution in [-0.2, 0) is 14.3 Å². The van der Waals surface area contributed by atoms with Gasteiger partial charge in [-0.3, -0.25) is 9.69 Å². The Kier molecular flexibility index (Phi) is 4.92. The molecule has 1 N–H and O–H groups in total. The molecule has 22 heavy (non-hydrogen) atoms. The van der Waals surface area contributed by atoms with Gasteiger partial charge in [-0.2, -0.15) is 0 Å². The Hall–Kier alpha value is -2.21. The summed E-state index contributed by atoms with van der Waals surface area (Å²) in [5, 5.41) is 3.22. The zero-order valence-electron chi connectivity index (χ0n) is 12.8. The predicted molar refractivity (Wildman–Crippen MR) is 86.8 cm³/mol. The highest BCUT2D eigenvalue weighted by Gasteiger charge is 2.39. The van der Waals surface area contributed by atoms with E-state index in [1.54, 1.807) is 13.8 Å². The lowest BCUT2D eigenvalue weighted by Gasteiger charge is -2.38. The minimum atomic E-state index is -0.574. The lowest BCUT2D eigenvalue weighted by Crippen LogP contribution is -2.50. The maximum absolute atomic E-state index is 12.3. The smallest absolute Gasteiger partial charge is 0.337 e. The van der Waals surface area contributed by atoms with Crippen molar-refractivity contribution in [2.45, 2.75) is 26.3 Å². The zero-order chi connectivity index (χ0) is 16.3. The fourth-order valence-corrected chi connectivity index (χ4v) is 2.85. The summed E-state index contributed by atoms with van der Waals surface area (Å²) in [7, 11) is 1.32. The second kappa shape index (κ2) is 6.70. The molecular weight excluding hydrogens is 300 g/mol. The second-order valence-electron chi connectivity index (χ2n) is 4.89. The number of carbonyl (C=O) groups is 2. The third-order valence-corrected chi connectivity index (χ3v) is 3.84. The van der Waals surface area contributed by atoms with Crippen LogP contribution in [0.3, 0.4) is 0 Å². The van der Waals surface area contributed by atoms with Gasteiger partial charge in [-0.05, 0) is 24.7 Å². The van der Waals surface area contributed by atoms with E-state index in [9.17, 15) is 9.59 Å². The van der Waals surface area contributed by atoms with Crippen LogP contribution in [0.1, 0.15) is 31.9 Å². The number of allylic oxidation sites excluding steroid dienone is 1. The highest BCUT2D eigenvalue weighted by atomic mass is 32.1. The topological polar surface area (TPSA) is 58.6 Å². The molecule has 5 nitrogen and oxygen atoms in total. The van der Waals surface area contributed by atoms with E-state index >= 15 is 0 Å². The number of nitrogens with zero attached hydrogens (tertiary/aromatic N) is 1. The van der Waals surface area contributed by atoms with Gasteiger partial charge >= 0.3 is 5.97 Å². The van der Waals surface area contributed by atoms with Gasteiger partial charge in [0.25, 0.3) is 0 Å². The molecule has 1 aromatic rings. The number of rotatable bonds is 3. The molecule has 116 valence electrons. The molecule has 0 aliphatic carbocycles. The maximum Gasteiger partial charge on any atom is 0.337 e. The Balaban J connectivity index is 2.63. The third kappa shape index (κ3) is 2.87. The van der Waals surface area contributed by atoms with Crippen molar-refractivity contribution in [3.63, 3.8) is 0 Å². The summed E-state index contributed by atoms with van der Waals surface area (Å²) in [5.41, 5.74) is 1.81. The van der Waals surface area contributed by atoms with Crippen LogP contribution in [0.25, 0.3) is 0 Å². The lowest BCUT2D eigenvalue weighted by atomic mass is 9.93. The Morgan fingerprint density at radius 1 is 1.32 bits per heavy atom. The van der Waals surface area contributed by atoms with E-state index in [2.05, 4.69) is 5.32 Å². The van der Waals surface area contributed by atoms with Crippen LogP contribution in [0, 0.1) is 0 Å². The van der Waals surface area contributed by atoms with E-state index in [-0.39, 0.29) is 5.91 Å². The Morgan fingerprint density at radius 3 is 2.50 bits per heavy atom. The SMILES string of the molecule is CCC(=O)N1C(=S)NC(C)=C(C(=O)OC)[C@@H]1c1ccccc1. The number of thiocarbonyl (C=S) groups is 1. The highest BCUT2D eigenvalue weighted by Crippen LogP contribution is 2.34. The predicted octanol–water partition coefficient (Wildman–Crippen LogP) is 2.30. The van der Waals surface area contributed by atoms with Gasteiger partial charge in [0.05, 0.1) is 18.7 Å². The standard InChI is InChI=1S/C16H18N2O3S/c1-4-12(19)18-14(11-8-6-5-7-9-11)13(15(20)21-3)10(2)17-16(18)22/h5-9,14H,4H2,1-3H3,(H,17,22)/t14-/m0/s1. The molecule has 0 spiro atoms. The van der Waals surface area contributed by atoms with Crippen molar-refractivity contribution in [2.24, 2.45) is 0 Å². The molecular formula is C16H18N2O3S. The van der Waals surface area contributed by atoms with Crippen LogP contribution in [0.4, 0.5) is 0 Å². The van der Waals surface area contributed by atoms with Crippen molar-refractivity contribution < 1.29 is 14.3 Å². The van der Waals surface area contributed by atoms with Gasteiger partial charge in [0, 0.05) is 12.1 Å². The van der Waals surface area contributed by atoms with Gasteiger partial charge in [0.15, 0.2) is 5.11 Å². The zero-order valence-corrected chi connectivity index (χ0v) is 13.6. The van der Waals surface area contributed by atoms with Crippen molar-refractivity contribution >= 4 is 29.2 Å². The highest BCUT2D eigenvalue weighted by molar-refractivity contribution is 7.80. The number of methoxy groups -OCH3 is 1. The van der Waals surface area contributed by atoms with Gasteiger partial charge in [0.2, 0.25) is 5.91 Å². The van der Waals surface area contributed by atoms with Crippen molar-refractivity contribution in [1.29, 1.82) is 0 Å². The van der Waals surface area contributed by atoms with Gasteiger partial charge in [-0.1, -0.05) is 37.3 Å². The number of hydrogen-bond acceptors (Lipinski definition) is 4. The van der Waals surface area contributed by atoms with Crippen LogP contribution in [0.15, 0.2) is 41.6 Å². The summed E-state index contributed by atoms with van der Waals surface area (Å²) in [5.74, 6) is -0.629. The molecule has 0 radical (unpaired) electrons. The first-order valence-corrected chi connectivity index (χ1v) is 7.39. The normalized spacial score (nSPS) is 18.0.